The quantitative estimate of drug-likeness (QED) is 0.866. The lowest BCUT2D eigenvalue weighted by Gasteiger charge is -2.26. The van der Waals surface area contributed by atoms with Gasteiger partial charge in [-0.15, -0.1) is 0 Å². The summed E-state index contributed by atoms with van der Waals surface area (Å²) < 4.78 is 0. The van der Waals surface area contributed by atoms with E-state index in [4.69, 9.17) is 0 Å². The van der Waals surface area contributed by atoms with Crippen molar-refractivity contribution in [2.24, 2.45) is 11.8 Å². The maximum atomic E-state index is 4.35. The third kappa shape index (κ3) is 3.99. The molecule has 0 saturated heterocycles. The van der Waals surface area contributed by atoms with Crippen LogP contribution in [0.3, 0.4) is 0 Å². The highest BCUT2D eigenvalue weighted by Gasteiger charge is 2.17. The van der Waals surface area contributed by atoms with Crippen molar-refractivity contribution < 1.29 is 0 Å². The Morgan fingerprint density at radius 1 is 1.29 bits per heavy atom. The van der Waals surface area contributed by atoms with E-state index < -0.39 is 0 Å². The van der Waals surface area contributed by atoms with E-state index in [9.17, 15) is 0 Å². The number of hydrogen-bond acceptors (Lipinski definition) is 3. The third-order valence-electron chi connectivity index (χ3n) is 3.77. The van der Waals surface area contributed by atoms with Gasteiger partial charge in [0.2, 0.25) is 0 Å². The molecule has 0 amide bonds. The van der Waals surface area contributed by atoms with E-state index in [1.54, 1.807) is 0 Å². The van der Waals surface area contributed by atoms with Gasteiger partial charge in [-0.05, 0) is 31.2 Å². The first kappa shape index (κ1) is 12.3. The van der Waals surface area contributed by atoms with Gasteiger partial charge in [0.1, 0.15) is 11.6 Å². The molecule has 0 atom stereocenters. The van der Waals surface area contributed by atoms with Gasteiger partial charge >= 0.3 is 0 Å². The van der Waals surface area contributed by atoms with Crippen LogP contribution in [0.25, 0.3) is 0 Å². The summed E-state index contributed by atoms with van der Waals surface area (Å²) in [6, 6.07) is 1.94. The molecule has 0 aliphatic heterocycles. The van der Waals surface area contributed by atoms with Crippen LogP contribution < -0.4 is 5.32 Å². The van der Waals surface area contributed by atoms with Crippen molar-refractivity contribution >= 4 is 5.82 Å². The Kier molecular flexibility index (Phi) is 4.35. The van der Waals surface area contributed by atoms with Gasteiger partial charge in [-0.25, -0.2) is 9.97 Å². The standard InChI is InChI=1S/C14H23N3/c1-11-3-5-13(6-4-11)7-9-16-14-8-10-15-12(2)17-14/h8,10-11,13H,3-7,9H2,1-2H3,(H,15,16,17). The molecular weight excluding hydrogens is 210 g/mol. The summed E-state index contributed by atoms with van der Waals surface area (Å²) in [6.45, 7) is 5.33. The average molecular weight is 233 g/mol. The second kappa shape index (κ2) is 5.99. The second-order valence-electron chi connectivity index (χ2n) is 5.33. The highest BCUT2D eigenvalue weighted by molar-refractivity contribution is 5.32. The molecule has 3 nitrogen and oxygen atoms in total. The number of aromatic nitrogens is 2. The molecule has 0 unspecified atom stereocenters. The van der Waals surface area contributed by atoms with E-state index in [0.717, 1.165) is 30.0 Å². The molecule has 0 spiro atoms. The monoisotopic (exact) mass is 233 g/mol. The van der Waals surface area contributed by atoms with Gasteiger partial charge in [0.15, 0.2) is 0 Å². The van der Waals surface area contributed by atoms with E-state index in [0.29, 0.717) is 0 Å². The van der Waals surface area contributed by atoms with Crippen molar-refractivity contribution in [1.82, 2.24) is 9.97 Å². The van der Waals surface area contributed by atoms with Crippen molar-refractivity contribution in [1.29, 1.82) is 0 Å². The van der Waals surface area contributed by atoms with Crippen LogP contribution in [0, 0.1) is 18.8 Å². The van der Waals surface area contributed by atoms with Crippen molar-refractivity contribution in [2.45, 2.75) is 46.0 Å². The molecule has 0 aromatic carbocycles. The highest BCUT2D eigenvalue weighted by atomic mass is 15.0. The summed E-state index contributed by atoms with van der Waals surface area (Å²) in [5.74, 6) is 3.66. The number of nitrogens with zero attached hydrogens (tertiary/aromatic N) is 2. The number of anilines is 1. The van der Waals surface area contributed by atoms with Crippen molar-refractivity contribution in [3.63, 3.8) is 0 Å². The van der Waals surface area contributed by atoms with Gasteiger partial charge in [-0.2, -0.15) is 0 Å². The Bertz CT molecular complexity index is 343. The molecule has 1 fully saturated rings. The Hall–Kier alpha value is -1.12. The van der Waals surface area contributed by atoms with Crippen LogP contribution >= 0.6 is 0 Å². The zero-order valence-corrected chi connectivity index (χ0v) is 10.9. The first-order valence-electron chi connectivity index (χ1n) is 6.77. The predicted molar refractivity (Wildman–Crippen MR) is 71.0 cm³/mol. The second-order valence-corrected chi connectivity index (χ2v) is 5.33. The first-order valence-corrected chi connectivity index (χ1v) is 6.77. The molecule has 94 valence electrons. The fourth-order valence-electron chi connectivity index (χ4n) is 2.58. The predicted octanol–water partition coefficient (Wildman–Crippen LogP) is 3.41. The Labute approximate surface area is 104 Å². The molecular formula is C14H23N3. The minimum absolute atomic E-state index is 0.835. The van der Waals surface area contributed by atoms with Crippen LogP contribution in [-0.4, -0.2) is 16.5 Å². The van der Waals surface area contributed by atoms with Gasteiger partial charge in [0.25, 0.3) is 0 Å². The maximum absolute atomic E-state index is 4.35. The van der Waals surface area contributed by atoms with Gasteiger partial charge in [-0.3, -0.25) is 0 Å². The lowest BCUT2D eigenvalue weighted by atomic mass is 9.81. The van der Waals surface area contributed by atoms with Crippen molar-refractivity contribution in [3.8, 4) is 0 Å². The lowest BCUT2D eigenvalue weighted by molar-refractivity contribution is 0.282. The van der Waals surface area contributed by atoms with Crippen LogP contribution in [0.2, 0.25) is 0 Å². The van der Waals surface area contributed by atoms with Crippen LogP contribution in [-0.2, 0) is 0 Å². The number of hydrogen-bond donors (Lipinski definition) is 1. The van der Waals surface area contributed by atoms with E-state index in [2.05, 4.69) is 22.2 Å². The fourth-order valence-corrected chi connectivity index (χ4v) is 2.58. The first-order chi connectivity index (χ1) is 8.24. The summed E-state index contributed by atoms with van der Waals surface area (Å²) in [4.78, 5) is 8.44. The molecule has 2 rings (SSSR count). The Balaban J connectivity index is 1.69. The smallest absolute Gasteiger partial charge is 0.129 e. The summed E-state index contributed by atoms with van der Waals surface area (Å²) in [5.41, 5.74) is 0. The molecule has 3 heteroatoms. The van der Waals surface area contributed by atoms with Crippen LogP contribution in [0.15, 0.2) is 12.3 Å². The molecule has 0 bridgehead atoms. The number of rotatable bonds is 4. The Morgan fingerprint density at radius 3 is 2.76 bits per heavy atom. The summed E-state index contributed by atoms with van der Waals surface area (Å²) in [6.07, 6.45) is 8.73. The molecule has 1 N–H and O–H groups in total. The zero-order valence-electron chi connectivity index (χ0n) is 10.9. The third-order valence-corrected chi connectivity index (χ3v) is 3.77. The lowest BCUT2D eigenvalue weighted by Crippen LogP contribution is -2.16. The van der Waals surface area contributed by atoms with Gasteiger partial charge in [-0.1, -0.05) is 32.6 Å². The fraction of sp³-hybridized carbons (Fsp3) is 0.714. The van der Waals surface area contributed by atoms with E-state index in [-0.39, 0.29) is 0 Å². The molecule has 1 saturated carbocycles. The number of nitrogens with one attached hydrogen (secondary N) is 1. The van der Waals surface area contributed by atoms with Crippen LogP contribution in [0.1, 0.15) is 44.9 Å². The topological polar surface area (TPSA) is 37.8 Å². The van der Waals surface area contributed by atoms with Gasteiger partial charge in [0.05, 0.1) is 0 Å². The molecule has 1 heterocycles. The van der Waals surface area contributed by atoms with Crippen molar-refractivity contribution in [2.75, 3.05) is 11.9 Å². The van der Waals surface area contributed by atoms with E-state index in [1.165, 1.54) is 32.1 Å². The van der Waals surface area contributed by atoms with Crippen LogP contribution in [0.5, 0.6) is 0 Å². The van der Waals surface area contributed by atoms with E-state index in [1.807, 2.05) is 19.2 Å². The van der Waals surface area contributed by atoms with Crippen LogP contribution in [0.4, 0.5) is 5.82 Å². The minimum atomic E-state index is 0.835. The molecule has 1 aromatic heterocycles. The SMILES string of the molecule is Cc1nccc(NCCC2CCC(C)CC2)n1. The highest BCUT2D eigenvalue weighted by Crippen LogP contribution is 2.30. The number of aryl methyl sites for hydroxylation is 1. The molecule has 0 radical (unpaired) electrons. The minimum Gasteiger partial charge on any atom is -0.370 e. The van der Waals surface area contributed by atoms with Crippen molar-refractivity contribution in [3.05, 3.63) is 18.1 Å². The normalized spacial score (nSPS) is 24.6. The molecule has 1 aliphatic rings. The molecule has 1 aliphatic carbocycles. The average Bonchev–Trinajstić information content (AvgIpc) is 2.32. The summed E-state index contributed by atoms with van der Waals surface area (Å²) in [5, 5.41) is 3.39. The summed E-state index contributed by atoms with van der Waals surface area (Å²) >= 11 is 0. The largest absolute Gasteiger partial charge is 0.370 e. The Morgan fingerprint density at radius 2 is 2.06 bits per heavy atom. The van der Waals surface area contributed by atoms with E-state index >= 15 is 0 Å². The maximum Gasteiger partial charge on any atom is 0.129 e. The molecule has 1 aromatic rings. The van der Waals surface area contributed by atoms with Gasteiger partial charge < -0.3 is 5.32 Å². The molecule has 17 heavy (non-hydrogen) atoms. The summed E-state index contributed by atoms with van der Waals surface area (Å²) in [7, 11) is 0. The zero-order chi connectivity index (χ0) is 12.1. The van der Waals surface area contributed by atoms with Gasteiger partial charge in [0, 0.05) is 12.7 Å².